The number of hydrogen-bond donors (Lipinski definition) is 0. The predicted molar refractivity (Wildman–Crippen MR) is 129 cm³/mol. The van der Waals surface area contributed by atoms with E-state index in [-0.39, 0.29) is 16.4 Å². The first-order chi connectivity index (χ1) is 14.4. The van der Waals surface area contributed by atoms with Crippen molar-refractivity contribution in [3.05, 3.63) is 0 Å². The zero-order chi connectivity index (χ0) is 22.8. The number of fused-ring (bicyclic) bond motifs is 5. The van der Waals surface area contributed by atoms with Gasteiger partial charge in [-0.3, -0.25) is 0 Å². The number of ether oxygens (including phenoxy) is 1. The summed E-state index contributed by atoms with van der Waals surface area (Å²) in [5.74, 6) is 3.08. The summed E-state index contributed by atoms with van der Waals surface area (Å²) in [6.07, 6.45) is 10.6. The third kappa shape index (κ3) is 3.66. The van der Waals surface area contributed by atoms with E-state index in [0.717, 1.165) is 24.7 Å². The zero-order valence-electron chi connectivity index (χ0n) is 21.5. The van der Waals surface area contributed by atoms with Gasteiger partial charge < -0.3 is 9.16 Å². The minimum Gasteiger partial charge on any atom is -0.414 e. The fourth-order valence-electron chi connectivity index (χ4n) is 8.44. The van der Waals surface area contributed by atoms with Crippen molar-refractivity contribution in [3.8, 4) is 6.07 Å². The number of nitriles is 1. The van der Waals surface area contributed by atoms with Crippen LogP contribution in [0.15, 0.2) is 0 Å². The van der Waals surface area contributed by atoms with E-state index in [2.05, 4.69) is 53.8 Å². The third-order valence-corrected chi connectivity index (χ3v) is 15.8. The molecule has 0 aromatic heterocycles. The largest absolute Gasteiger partial charge is 0.414 e. The quantitative estimate of drug-likeness (QED) is 0.432. The van der Waals surface area contributed by atoms with Gasteiger partial charge in [0.05, 0.1) is 18.1 Å². The monoisotopic (exact) mass is 445 g/mol. The first-order valence-corrected chi connectivity index (χ1v) is 15.9. The van der Waals surface area contributed by atoms with Crippen LogP contribution in [-0.2, 0) is 9.16 Å². The van der Waals surface area contributed by atoms with Crippen LogP contribution < -0.4 is 0 Å². The van der Waals surface area contributed by atoms with Gasteiger partial charge in [0.25, 0.3) is 0 Å². The summed E-state index contributed by atoms with van der Waals surface area (Å²) in [6, 6.07) is 2.68. The van der Waals surface area contributed by atoms with Crippen LogP contribution in [0.1, 0.15) is 86.0 Å². The summed E-state index contributed by atoms with van der Waals surface area (Å²) in [4.78, 5) is 0. The molecule has 0 aromatic carbocycles. The molecule has 0 amide bonds. The second-order valence-corrected chi connectivity index (χ2v) is 18.4. The van der Waals surface area contributed by atoms with Crippen LogP contribution in [0, 0.1) is 51.8 Å². The highest BCUT2D eigenvalue weighted by molar-refractivity contribution is 6.74. The second kappa shape index (κ2) is 7.85. The van der Waals surface area contributed by atoms with E-state index >= 15 is 0 Å². The molecule has 1 unspecified atom stereocenters. The predicted octanol–water partition coefficient (Wildman–Crippen LogP) is 7.18. The van der Waals surface area contributed by atoms with Crippen molar-refractivity contribution in [1.29, 1.82) is 5.26 Å². The van der Waals surface area contributed by atoms with Crippen LogP contribution in [-0.4, -0.2) is 27.6 Å². The molecular weight excluding hydrogens is 398 g/mol. The molecular formula is C27H47NO2Si. The molecule has 31 heavy (non-hydrogen) atoms. The van der Waals surface area contributed by atoms with Gasteiger partial charge in [-0.25, -0.2) is 0 Å². The Kier molecular flexibility index (Phi) is 6.02. The van der Waals surface area contributed by atoms with Gasteiger partial charge in [-0.15, -0.1) is 0 Å². The van der Waals surface area contributed by atoms with E-state index in [4.69, 9.17) is 9.16 Å². The Hall–Kier alpha value is -0.373. The molecule has 4 saturated carbocycles. The molecule has 4 rings (SSSR count). The lowest BCUT2D eigenvalue weighted by atomic mass is 9.44. The topological polar surface area (TPSA) is 42.2 Å². The van der Waals surface area contributed by atoms with Gasteiger partial charge in [0.2, 0.25) is 0 Å². The summed E-state index contributed by atoms with van der Waals surface area (Å²) in [7, 11) is 0.209. The Balaban J connectivity index is 1.56. The Labute approximate surface area is 192 Å². The lowest BCUT2D eigenvalue weighted by Gasteiger charge is -2.63. The summed E-state index contributed by atoms with van der Waals surface area (Å²) >= 11 is 0. The van der Waals surface area contributed by atoms with Crippen molar-refractivity contribution < 1.29 is 9.16 Å². The SMILES string of the molecule is CO[C@H]1C[C@]2(C)[C@@H](C#N)CC[C@H]2[C@@H]2CC[C@@H]3CC(O[Si](C)(C)C(C)(C)C)CC[C@]3(C)[C@H]21. The summed E-state index contributed by atoms with van der Waals surface area (Å²) in [5, 5.41) is 10.1. The summed E-state index contributed by atoms with van der Waals surface area (Å²) in [6.45, 7) is 16.9. The van der Waals surface area contributed by atoms with Crippen LogP contribution in [0.5, 0.6) is 0 Å². The molecule has 0 heterocycles. The minimum atomic E-state index is -1.72. The van der Waals surface area contributed by atoms with E-state index in [1.54, 1.807) is 0 Å². The van der Waals surface area contributed by atoms with Gasteiger partial charge in [0.1, 0.15) is 0 Å². The normalized spacial score (nSPS) is 47.8. The molecule has 0 aromatic rings. The van der Waals surface area contributed by atoms with Crippen LogP contribution in [0.25, 0.3) is 0 Å². The molecule has 0 aliphatic heterocycles. The van der Waals surface area contributed by atoms with Crippen molar-refractivity contribution in [3.63, 3.8) is 0 Å². The van der Waals surface area contributed by atoms with Crippen LogP contribution in [0.4, 0.5) is 0 Å². The van der Waals surface area contributed by atoms with E-state index in [1.807, 2.05) is 7.11 Å². The molecule has 0 spiro atoms. The van der Waals surface area contributed by atoms with Crippen molar-refractivity contribution in [1.82, 2.24) is 0 Å². The average molecular weight is 446 g/mol. The maximum Gasteiger partial charge on any atom is 0.192 e. The first kappa shape index (κ1) is 23.8. The lowest BCUT2D eigenvalue weighted by Crippen LogP contribution is -2.60. The summed E-state index contributed by atoms with van der Waals surface area (Å²) in [5.41, 5.74) is 0.519. The smallest absolute Gasteiger partial charge is 0.192 e. The van der Waals surface area contributed by atoms with E-state index < -0.39 is 8.32 Å². The number of hydrogen-bond acceptors (Lipinski definition) is 3. The molecule has 0 N–H and O–H groups in total. The van der Waals surface area contributed by atoms with Gasteiger partial charge in [-0.2, -0.15) is 5.26 Å². The highest BCUT2D eigenvalue weighted by Gasteiger charge is 2.63. The molecule has 0 bridgehead atoms. The molecule has 4 aliphatic rings. The molecule has 9 atom stereocenters. The van der Waals surface area contributed by atoms with Crippen LogP contribution in [0.3, 0.4) is 0 Å². The molecule has 176 valence electrons. The standard InChI is InChI=1S/C27H47NO2Si/c1-25(2,3)31(7,8)30-20-13-14-26(4)18(15-20)9-11-21-22-12-10-19(17-28)27(22,5)16-23(29-6)24(21)26/h18-24H,9-16H2,1-8H3/t18-,19-,20?,21+,22+,23+,24-,26+,27-/m1/s1. The van der Waals surface area contributed by atoms with Crippen molar-refractivity contribution in [2.75, 3.05) is 7.11 Å². The van der Waals surface area contributed by atoms with Crippen LogP contribution in [0.2, 0.25) is 18.1 Å². The Morgan fingerprint density at radius 2 is 1.71 bits per heavy atom. The van der Waals surface area contributed by atoms with Gasteiger partial charge in [-0.1, -0.05) is 34.6 Å². The van der Waals surface area contributed by atoms with E-state index in [9.17, 15) is 5.26 Å². The Morgan fingerprint density at radius 3 is 2.32 bits per heavy atom. The highest BCUT2D eigenvalue weighted by Crippen LogP contribution is 2.68. The average Bonchev–Trinajstić information content (AvgIpc) is 3.02. The maximum atomic E-state index is 9.84. The number of nitrogens with zero attached hydrogens (tertiary/aromatic N) is 1. The van der Waals surface area contributed by atoms with Crippen LogP contribution >= 0.6 is 0 Å². The lowest BCUT2D eigenvalue weighted by molar-refractivity contribution is -0.182. The molecule has 3 nitrogen and oxygen atoms in total. The Bertz CT molecular complexity index is 724. The van der Waals surface area contributed by atoms with Crippen molar-refractivity contribution >= 4 is 8.32 Å². The summed E-state index contributed by atoms with van der Waals surface area (Å²) < 4.78 is 13.2. The molecule has 4 fully saturated rings. The van der Waals surface area contributed by atoms with E-state index in [1.165, 1.54) is 38.5 Å². The number of rotatable bonds is 3. The molecule has 0 saturated heterocycles. The Morgan fingerprint density at radius 1 is 1.00 bits per heavy atom. The van der Waals surface area contributed by atoms with Gasteiger partial charge in [0.15, 0.2) is 8.32 Å². The second-order valence-electron chi connectivity index (χ2n) is 13.6. The minimum absolute atomic E-state index is 0.155. The van der Waals surface area contributed by atoms with E-state index in [0.29, 0.717) is 29.5 Å². The maximum absolute atomic E-state index is 9.84. The highest BCUT2D eigenvalue weighted by atomic mass is 28.4. The van der Waals surface area contributed by atoms with Gasteiger partial charge >= 0.3 is 0 Å². The van der Waals surface area contributed by atoms with Gasteiger partial charge in [-0.05, 0) is 104 Å². The van der Waals surface area contributed by atoms with Gasteiger partial charge in [0, 0.05) is 13.2 Å². The molecule has 4 aliphatic carbocycles. The molecule has 4 heteroatoms. The number of methoxy groups -OCH3 is 1. The van der Waals surface area contributed by atoms with Crippen molar-refractivity contribution in [2.24, 2.45) is 40.4 Å². The fourth-order valence-corrected chi connectivity index (χ4v) is 9.85. The zero-order valence-corrected chi connectivity index (χ0v) is 22.5. The third-order valence-electron chi connectivity index (χ3n) is 11.3. The van der Waals surface area contributed by atoms with Crippen molar-refractivity contribution in [2.45, 2.75) is 116 Å². The first-order valence-electron chi connectivity index (χ1n) is 13.0. The molecule has 0 radical (unpaired) electrons. The fraction of sp³-hybridized carbons (Fsp3) is 0.963.